The summed E-state index contributed by atoms with van der Waals surface area (Å²) < 4.78 is 45.4. The molecular weight excluding hydrogens is 325 g/mol. The van der Waals surface area contributed by atoms with Crippen LogP contribution in [0.5, 0.6) is 0 Å². The quantitative estimate of drug-likeness (QED) is 0.806. The normalized spacial score (nSPS) is 13.0. The zero-order valence-corrected chi connectivity index (χ0v) is 13.1. The summed E-state index contributed by atoms with van der Waals surface area (Å²) >= 11 is 0. The maximum absolute atomic E-state index is 13.3. The van der Waals surface area contributed by atoms with Crippen molar-refractivity contribution in [1.82, 2.24) is 4.72 Å². The van der Waals surface area contributed by atoms with Crippen LogP contribution in [0.15, 0.2) is 45.9 Å². The number of hydrogen-bond donors (Lipinski definition) is 2. The van der Waals surface area contributed by atoms with Crippen molar-refractivity contribution in [3.63, 3.8) is 0 Å². The molecule has 2 N–H and O–H groups in total. The zero-order chi connectivity index (χ0) is 17.0. The van der Waals surface area contributed by atoms with E-state index in [2.05, 4.69) is 4.72 Å². The molecule has 2 rings (SSSR count). The monoisotopic (exact) mass is 341 g/mol. The van der Waals surface area contributed by atoms with E-state index in [-0.39, 0.29) is 4.90 Å². The lowest BCUT2D eigenvalue weighted by Gasteiger charge is -2.14. The van der Waals surface area contributed by atoms with Crippen LogP contribution in [-0.2, 0) is 16.4 Å². The molecule has 0 spiro atoms. The van der Waals surface area contributed by atoms with E-state index >= 15 is 0 Å². The molecule has 1 atom stereocenters. The van der Waals surface area contributed by atoms with Crippen LogP contribution in [0.3, 0.4) is 0 Å². The van der Waals surface area contributed by atoms with E-state index < -0.39 is 33.4 Å². The van der Waals surface area contributed by atoms with Crippen LogP contribution in [0, 0.1) is 5.82 Å². The third-order valence-corrected chi connectivity index (χ3v) is 4.83. The summed E-state index contributed by atoms with van der Waals surface area (Å²) in [6.07, 6.45) is 2.59. The Morgan fingerprint density at radius 3 is 2.74 bits per heavy atom. The van der Waals surface area contributed by atoms with E-state index in [1.807, 2.05) is 0 Å². The molecule has 0 aliphatic heterocycles. The second-order valence-electron chi connectivity index (χ2n) is 5.09. The first kappa shape index (κ1) is 17.2. The fraction of sp³-hybridized carbons (Fsp3) is 0.267. The first-order chi connectivity index (χ1) is 10.8. The van der Waals surface area contributed by atoms with Crippen molar-refractivity contribution in [3.8, 4) is 0 Å². The van der Waals surface area contributed by atoms with Gasteiger partial charge < -0.3 is 9.52 Å². The van der Waals surface area contributed by atoms with Crippen LogP contribution < -0.4 is 4.72 Å². The minimum absolute atomic E-state index is 0.291. The molecule has 8 heteroatoms. The minimum Gasteiger partial charge on any atom is -0.478 e. The smallest absolute Gasteiger partial charge is 0.338 e. The Bertz CT molecular complexity index is 786. The first-order valence-corrected chi connectivity index (χ1v) is 8.35. The van der Waals surface area contributed by atoms with Gasteiger partial charge in [0.05, 0.1) is 16.7 Å². The molecule has 1 aromatic carbocycles. The van der Waals surface area contributed by atoms with Gasteiger partial charge in [-0.15, -0.1) is 0 Å². The van der Waals surface area contributed by atoms with Crippen molar-refractivity contribution < 1.29 is 27.1 Å². The molecule has 0 unspecified atom stereocenters. The summed E-state index contributed by atoms with van der Waals surface area (Å²) in [6, 6.07) is 5.80. The number of carboxylic acids is 1. The molecule has 2 aromatic rings. The van der Waals surface area contributed by atoms with Gasteiger partial charge in [0.2, 0.25) is 10.0 Å². The largest absolute Gasteiger partial charge is 0.478 e. The lowest BCUT2D eigenvalue weighted by Crippen LogP contribution is -2.33. The molecule has 0 amide bonds. The van der Waals surface area contributed by atoms with Gasteiger partial charge in [-0.25, -0.2) is 22.3 Å². The van der Waals surface area contributed by atoms with Gasteiger partial charge in [0.25, 0.3) is 0 Å². The fourth-order valence-electron chi connectivity index (χ4n) is 2.04. The van der Waals surface area contributed by atoms with Crippen LogP contribution in [-0.4, -0.2) is 25.5 Å². The highest BCUT2D eigenvalue weighted by Crippen LogP contribution is 2.16. The number of aromatic carboxylic acids is 1. The average Bonchev–Trinajstić information content (AvgIpc) is 2.98. The Morgan fingerprint density at radius 1 is 1.39 bits per heavy atom. The molecule has 0 fully saturated rings. The third-order valence-electron chi connectivity index (χ3n) is 3.24. The minimum atomic E-state index is -3.93. The highest BCUT2D eigenvalue weighted by Gasteiger charge is 2.21. The standard InChI is InChI=1S/C15H16FNO5S/c1-10(4-5-11-3-2-8-22-11)17-23(20,21)12-6-7-14(16)13(9-12)15(18)19/h2-3,6-10,17H,4-5H2,1H3,(H,18,19)/t10-/m0/s1. The summed E-state index contributed by atoms with van der Waals surface area (Å²) in [7, 11) is -3.93. The summed E-state index contributed by atoms with van der Waals surface area (Å²) in [5, 5.41) is 8.86. The van der Waals surface area contributed by atoms with Gasteiger partial charge in [-0.05, 0) is 43.7 Å². The molecule has 1 heterocycles. The number of halogens is 1. The van der Waals surface area contributed by atoms with E-state index in [0.717, 1.165) is 24.0 Å². The molecule has 0 bridgehead atoms. The van der Waals surface area contributed by atoms with E-state index in [1.54, 1.807) is 19.1 Å². The molecular formula is C15H16FNO5S. The number of nitrogens with one attached hydrogen (secondary N) is 1. The third kappa shape index (κ3) is 4.40. The van der Waals surface area contributed by atoms with Crippen molar-refractivity contribution >= 4 is 16.0 Å². The van der Waals surface area contributed by atoms with Crippen LogP contribution in [0.4, 0.5) is 4.39 Å². The van der Waals surface area contributed by atoms with E-state index in [4.69, 9.17) is 9.52 Å². The van der Waals surface area contributed by atoms with Gasteiger partial charge in [0, 0.05) is 12.5 Å². The topological polar surface area (TPSA) is 96.6 Å². The van der Waals surface area contributed by atoms with Crippen molar-refractivity contribution in [1.29, 1.82) is 0 Å². The molecule has 0 radical (unpaired) electrons. The number of furan rings is 1. The van der Waals surface area contributed by atoms with Crippen LogP contribution in [0.25, 0.3) is 0 Å². The van der Waals surface area contributed by atoms with Gasteiger partial charge in [-0.1, -0.05) is 0 Å². The maximum atomic E-state index is 13.3. The average molecular weight is 341 g/mol. The van der Waals surface area contributed by atoms with Gasteiger partial charge in [-0.3, -0.25) is 0 Å². The second kappa shape index (κ2) is 6.93. The van der Waals surface area contributed by atoms with Gasteiger partial charge >= 0.3 is 5.97 Å². The Balaban J connectivity index is 2.09. The van der Waals surface area contributed by atoms with E-state index in [0.29, 0.717) is 12.8 Å². The lowest BCUT2D eigenvalue weighted by atomic mass is 10.2. The van der Waals surface area contributed by atoms with Crippen molar-refractivity contribution in [2.75, 3.05) is 0 Å². The molecule has 0 aliphatic carbocycles. The van der Waals surface area contributed by atoms with E-state index in [9.17, 15) is 17.6 Å². The second-order valence-corrected chi connectivity index (χ2v) is 6.80. The summed E-state index contributed by atoms with van der Waals surface area (Å²) in [5.41, 5.74) is -0.684. The molecule has 124 valence electrons. The summed E-state index contributed by atoms with van der Waals surface area (Å²) in [5.74, 6) is -1.77. The Morgan fingerprint density at radius 2 is 2.13 bits per heavy atom. The lowest BCUT2D eigenvalue weighted by molar-refractivity contribution is 0.0691. The first-order valence-electron chi connectivity index (χ1n) is 6.87. The number of hydrogen-bond acceptors (Lipinski definition) is 4. The number of sulfonamides is 1. The molecule has 6 nitrogen and oxygen atoms in total. The highest BCUT2D eigenvalue weighted by molar-refractivity contribution is 7.89. The van der Waals surface area contributed by atoms with Crippen LogP contribution >= 0.6 is 0 Å². The Hall–Kier alpha value is -2.19. The molecule has 0 saturated heterocycles. The fourth-order valence-corrected chi connectivity index (χ4v) is 3.34. The van der Waals surface area contributed by atoms with Crippen molar-refractivity contribution in [2.24, 2.45) is 0 Å². The summed E-state index contributed by atoms with van der Waals surface area (Å²) in [6.45, 7) is 1.68. The van der Waals surface area contributed by atoms with Gasteiger partial charge in [-0.2, -0.15) is 0 Å². The number of carboxylic acid groups (broad SMARTS) is 1. The maximum Gasteiger partial charge on any atom is 0.338 e. The molecule has 0 aliphatic rings. The van der Waals surface area contributed by atoms with Crippen LogP contribution in [0.2, 0.25) is 0 Å². The number of benzene rings is 1. The van der Waals surface area contributed by atoms with Gasteiger partial charge in [0.15, 0.2) is 0 Å². The van der Waals surface area contributed by atoms with Gasteiger partial charge in [0.1, 0.15) is 11.6 Å². The number of rotatable bonds is 7. The van der Waals surface area contributed by atoms with Crippen molar-refractivity contribution in [2.45, 2.75) is 30.7 Å². The predicted octanol–water partition coefficient (Wildman–Crippen LogP) is 2.42. The number of aryl methyl sites for hydroxylation is 1. The molecule has 0 saturated carbocycles. The molecule has 23 heavy (non-hydrogen) atoms. The molecule has 1 aromatic heterocycles. The van der Waals surface area contributed by atoms with Crippen LogP contribution in [0.1, 0.15) is 29.5 Å². The SMILES string of the molecule is C[C@@H](CCc1ccco1)NS(=O)(=O)c1ccc(F)c(C(=O)O)c1. The number of carbonyl (C=O) groups is 1. The van der Waals surface area contributed by atoms with E-state index in [1.165, 1.54) is 6.26 Å². The van der Waals surface area contributed by atoms with Crippen molar-refractivity contribution in [3.05, 3.63) is 53.7 Å². The highest BCUT2D eigenvalue weighted by atomic mass is 32.2. The predicted molar refractivity (Wildman–Crippen MR) is 80.2 cm³/mol. The Labute approximate surface area is 133 Å². The summed E-state index contributed by atoms with van der Waals surface area (Å²) in [4.78, 5) is 10.6. The zero-order valence-electron chi connectivity index (χ0n) is 12.3. The Kier molecular flexibility index (Phi) is 5.17.